The maximum absolute atomic E-state index is 12.5. The summed E-state index contributed by atoms with van der Waals surface area (Å²) < 4.78 is 0. The molecule has 21 heavy (non-hydrogen) atoms. The number of benzene rings is 1. The molecule has 0 aliphatic carbocycles. The number of nitrogens with one attached hydrogen (secondary N) is 1. The van der Waals surface area contributed by atoms with Crippen molar-refractivity contribution in [1.29, 1.82) is 0 Å². The van der Waals surface area contributed by atoms with E-state index in [0.717, 1.165) is 0 Å². The minimum atomic E-state index is -0.449. The molecular formula is C16H16N2O2S. The molecule has 0 radical (unpaired) electrons. The van der Waals surface area contributed by atoms with Gasteiger partial charge in [0.25, 0.3) is 5.91 Å². The van der Waals surface area contributed by atoms with Crippen LogP contribution in [0.1, 0.15) is 24.1 Å². The van der Waals surface area contributed by atoms with Crippen molar-refractivity contribution in [2.24, 2.45) is 0 Å². The molecule has 0 saturated carbocycles. The average molecular weight is 300 g/mol. The molecule has 2 atom stereocenters. The lowest BCUT2D eigenvalue weighted by Gasteiger charge is -2.15. The number of anilines is 1. The van der Waals surface area contributed by atoms with Gasteiger partial charge in [-0.1, -0.05) is 31.2 Å². The van der Waals surface area contributed by atoms with E-state index in [-0.39, 0.29) is 17.9 Å². The van der Waals surface area contributed by atoms with E-state index in [4.69, 9.17) is 0 Å². The Bertz CT molecular complexity index is 640. The Balaban J connectivity index is 1.75. The van der Waals surface area contributed by atoms with E-state index in [0.29, 0.717) is 12.1 Å². The van der Waals surface area contributed by atoms with E-state index in [1.165, 1.54) is 9.78 Å². The van der Waals surface area contributed by atoms with Crippen LogP contribution in [0, 0.1) is 0 Å². The molecule has 4 nitrogen and oxygen atoms in total. The third-order valence-corrected chi connectivity index (χ3v) is 4.76. The predicted molar refractivity (Wildman–Crippen MR) is 83.6 cm³/mol. The highest BCUT2D eigenvalue weighted by atomic mass is 32.1. The summed E-state index contributed by atoms with van der Waals surface area (Å²) in [5.41, 5.74) is 0.617. The van der Waals surface area contributed by atoms with Crippen molar-refractivity contribution in [3.8, 4) is 0 Å². The van der Waals surface area contributed by atoms with E-state index in [9.17, 15) is 9.59 Å². The Kier molecular flexibility index (Phi) is 3.75. The van der Waals surface area contributed by atoms with E-state index in [1.54, 1.807) is 23.5 Å². The molecule has 1 N–H and O–H groups in total. The second-order valence-electron chi connectivity index (χ2n) is 5.16. The number of carbonyl (C=O) groups is 2. The van der Waals surface area contributed by atoms with Crippen LogP contribution in [0.5, 0.6) is 0 Å². The largest absolute Gasteiger partial charge is 0.329 e. The maximum Gasteiger partial charge on any atom is 0.329 e. The molecular weight excluding hydrogens is 284 g/mol. The summed E-state index contributed by atoms with van der Waals surface area (Å²) in [6.45, 7) is 2.08. The van der Waals surface area contributed by atoms with E-state index >= 15 is 0 Å². The minimum absolute atomic E-state index is 0.172. The Morgan fingerprint density at radius 2 is 1.95 bits per heavy atom. The topological polar surface area (TPSA) is 49.4 Å². The van der Waals surface area contributed by atoms with Crippen molar-refractivity contribution in [2.75, 3.05) is 4.90 Å². The molecule has 1 fully saturated rings. The summed E-state index contributed by atoms with van der Waals surface area (Å²) in [4.78, 5) is 27.0. The number of nitrogens with zero attached hydrogens (tertiary/aromatic N) is 1. The van der Waals surface area contributed by atoms with Gasteiger partial charge in [-0.2, -0.15) is 0 Å². The average Bonchev–Trinajstić information content (AvgIpc) is 3.09. The molecule has 2 heterocycles. The highest BCUT2D eigenvalue weighted by Gasteiger charge is 2.39. The highest BCUT2D eigenvalue weighted by Crippen LogP contribution is 2.28. The van der Waals surface area contributed by atoms with Gasteiger partial charge < -0.3 is 5.32 Å². The van der Waals surface area contributed by atoms with Gasteiger partial charge in [0.05, 0.1) is 5.69 Å². The number of para-hydroxylation sites is 1. The van der Waals surface area contributed by atoms with Gasteiger partial charge in [0.1, 0.15) is 6.04 Å². The summed E-state index contributed by atoms with van der Waals surface area (Å²) in [7, 11) is 0. The van der Waals surface area contributed by atoms with Gasteiger partial charge in [-0.15, -0.1) is 11.3 Å². The van der Waals surface area contributed by atoms with Crippen LogP contribution >= 0.6 is 11.3 Å². The van der Waals surface area contributed by atoms with Gasteiger partial charge in [0.2, 0.25) is 0 Å². The molecule has 1 aliphatic rings. The lowest BCUT2D eigenvalue weighted by Crippen LogP contribution is -2.31. The van der Waals surface area contributed by atoms with Crippen LogP contribution in [-0.4, -0.2) is 18.0 Å². The van der Waals surface area contributed by atoms with E-state index in [2.05, 4.69) is 18.3 Å². The van der Waals surface area contributed by atoms with Gasteiger partial charge in [0, 0.05) is 4.88 Å². The lowest BCUT2D eigenvalue weighted by atomic mass is 10.00. The zero-order valence-electron chi connectivity index (χ0n) is 11.7. The van der Waals surface area contributed by atoms with Crippen molar-refractivity contribution in [3.63, 3.8) is 0 Å². The molecule has 2 aromatic rings. The maximum atomic E-state index is 12.5. The molecule has 0 spiro atoms. The van der Waals surface area contributed by atoms with Crippen LogP contribution in [-0.2, 0) is 4.79 Å². The van der Waals surface area contributed by atoms with Crippen LogP contribution in [0.2, 0.25) is 0 Å². The molecule has 2 unspecified atom stereocenters. The minimum Gasteiger partial charge on any atom is -0.325 e. The first-order valence-electron chi connectivity index (χ1n) is 6.89. The summed E-state index contributed by atoms with van der Waals surface area (Å²) in [5, 5.41) is 4.81. The number of urea groups is 1. The number of rotatable bonds is 4. The van der Waals surface area contributed by atoms with Crippen LogP contribution in [0.3, 0.4) is 0 Å². The van der Waals surface area contributed by atoms with Crippen molar-refractivity contribution in [3.05, 3.63) is 52.7 Å². The summed E-state index contributed by atoms with van der Waals surface area (Å²) in [6, 6.07) is 12.3. The fraction of sp³-hybridized carbons (Fsp3) is 0.250. The predicted octanol–water partition coefficient (Wildman–Crippen LogP) is 3.37. The smallest absolute Gasteiger partial charge is 0.325 e. The SMILES string of the molecule is CC(CC1NC(=O)N(c2ccccc2)C1=O)c1cccs1. The normalized spacial score (nSPS) is 19.7. The number of carbonyl (C=O) groups excluding carboxylic acids is 2. The molecule has 3 rings (SSSR count). The monoisotopic (exact) mass is 300 g/mol. The number of hydrogen-bond acceptors (Lipinski definition) is 3. The Labute approximate surface area is 127 Å². The molecule has 0 bridgehead atoms. The van der Waals surface area contributed by atoms with Crippen molar-refractivity contribution < 1.29 is 9.59 Å². The fourth-order valence-corrected chi connectivity index (χ4v) is 3.35. The first kappa shape index (κ1) is 13.8. The van der Waals surface area contributed by atoms with Crippen molar-refractivity contribution in [2.45, 2.75) is 25.3 Å². The molecule has 1 saturated heterocycles. The molecule has 1 aromatic carbocycles. The summed E-state index contributed by atoms with van der Waals surface area (Å²) >= 11 is 1.68. The van der Waals surface area contributed by atoms with E-state index in [1.807, 2.05) is 29.6 Å². The second kappa shape index (κ2) is 5.69. The summed E-state index contributed by atoms with van der Waals surface area (Å²) in [5.74, 6) is 0.0737. The zero-order chi connectivity index (χ0) is 14.8. The quantitative estimate of drug-likeness (QED) is 0.880. The second-order valence-corrected chi connectivity index (χ2v) is 6.14. The van der Waals surface area contributed by atoms with Gasteiger partial charge in [0.15, 0.2) is 0 Å². The standard InChI is InChI=1S/C16H16N2O2S/c1-11(14-8-5-9-21-14)10-13-15(19)18(16(20)17-13)12-6-3-2-4-7-12/h2-9,11,13H,10H2,1H3,(H,17,20). The number of amides is 3. The summed E-state index contributed by atoms with van der Waals surface area (Å²) in [6.07, 6.45) is 0.619. The van der Waals surface area contributed by atoms with Crippen LogP contribution < -0.4 is 10.2 Å². The molecule has 1 aromatic heterocycles. The fourth-order valence-electron chi connectivity index (χ4n) is 2.55. The molecule has 5 heteroatoms. The number of hydrogen-bond donors (Lipinski definition) is 1. The van der Waals surface area contributed by atoms with Gasteiger partial charge in [-0.25, -0.2) is 9.69 Å². The van der Waals surface area contributed by atoms with Crippen molar-refractivity contribution >= 4 is 29.0 Å². The highest BCUT2D eigenvalue weighted by molar-refractivity contribution is 7.10. The van der Waals surface area contributed by atoms with Crippen LogP contribution in [0.15, 0.2) is 47.8 Å². The molecule has 108 valence electrons. The van der Waals surface area contributed by atoms with Gasteiger partial charge >= 0.3 is 6.03 Å². The van der Waals surface area contributed by atoms with Crippen LogP contribution in [0.25, 0.3) is 0 Å². The Morgan fingerprint density at radius 3 is 2.62 bits per heavy atom. The third kappa shape index (κ3) is 2.69. The Morgan fingerprint density at radius 1 is 1.19 bits per heavy atom. The van der Waals surface area contributed by atoms with Gasteiger partial charge in [-0.3, -0.25) is 4.79 Å². The van der Waals surface area contributed by atoms with E-state index < -0.39 is 6.04 Å². The van der Waals surface area contributed by atoms with Gasteiger partial charge in [-0.05, 0) is 35.9 Å². The lowest BCUT2D eigenvalue weighted by molar-refractivity contribution is -0.118. The Hall–Kier alpha value is -2.14. The third-order valence-electron chi connectivity index (χ3n) is 3.65. The molecule has 1 aliphatic heterocycles. The molecule has 3 amide bonds. The first-order chi connectivity index (χ1) is 10.2. The van der Waals surface area contributed by atoms with Crippen molar-refractivity contribution in [1.82, 2.24) is 5.32 Å². The first-order valence-corrected chi connectivity index (χ1v) is 7.77. The number of imide groups is 1. The zero-order valence-corrected chi connectivity index (χ0v) is 12.5. The number of thiophene rings is 1. The van der Waals surface area contributed by atoms with Crippen LogP contribution in [0.4, 0.5) is 10.5 Å².